The molecular weight excluding hydrogens is 347 g/mol. The van der Waals surface area contributed by atoms with Crippen LogP contribution in [0.1, 0.15) is 29.0 Å². The van der Waals surface area contributed by atoms with Gasteiger partial charge in [-0.2, -0.15) is 0 Å². The standard InChI is InChI=1S/C21H23FN2O3/c1-13-8-14(2)10-16(9-13)27-7-6-24(3)21(26)18-12-20(25)23-19-11-15(22)4-5-17(18)19/h4-5,8-11,18H,6-7,12H2,1-3H3,(H,23,25)/t18-/m0/s1. The van der Waals surface area contributed by atoms with E-state index in [2.05, 4.69) is 11.4 Å². The minimum atomic E-state index is -0.611. The van der Waals surface area contributed by atoms with Crippen LogP contribution in [0.5, 0.6) is 5.75 Å². The Morgan fingerprint density at radius 3 is 2.63 bits per heavy atom. The molecule has 0 unspecified atom stereocenters. The summed E-state index contributed by atoms with van der Waals surface area (Å²) in [6.07, 6.45) is 0.0553. The number of likely N-dealkylation sites (N-methyl/N-ethyl adjacent to an activating group) is 1. The first-order valence-electron chi connectivity index (χ1n) is 8.89. The number of carbonyl (C=O) groups is 2. The lowest BCUT2D eigenvalue weighted by Gasteiger charge is -2.28. The van der Waals surface area contributed by atoms with Gasteiger partial charge in [0.2, 0.25) is 11.8 Å². The van der Waals surface area contributed by atoms with Crippen molar-refractivity contribution in [2.75, 3.05) is 25.5 Å². The summed E-state index contributed by atoms with van der Waals surface area (Å²) in [5, 5.41) is 2.63. The lowest BCUT2D eigenvalue weighted by atomic mass is 9.89. The molecular formula is C21H23FN2O3. The number of hydrogen-bond donors (Lipinski definition) is 1. The summed E-state index contributed by atoms with van der Waals surface area (Å²) in [5.74, 6) is -0.753. The predicted molar refractivity (Wildman–Crippen MR) is 101 cm³/mol. The summed E-state index contributed by atoms with van der Waals surface area (Å²) in [7, 11) is 1.68. The Hall–Kier alpha value is -2.89. The Bertz CT molecular complexity index is 861. The fourth-order valence-corrected chi connectivity index (χ4v) is 3.35. The number of nitrogens with one attached hydrogen (secondary N) is 1. The zero-order valence-electron chi connectivity index (χ0n) is 15.7. The van der Waals surface area contributed by atoms with Crippen molar-refractivity contribution in [2.24, 2.45) is 0 Å². The molecule has 2 aromatic rings. The van der Waals surface area contributed by atoms with Crippen molar-refractivity contribution in [2.45, 2.75) is 26.2 Å². The van der Waals surface area contributed by atoms with Crippen molar-refractivity contribution in [1.29, 1.82) is 0 Å². The molecule has 1 N–H and O–H groups in total. The average molecular weight is 370 g/mol. The van der Waals surface area contributed by atoms with Gasteiger partial charge in [0.05, 0.1) is 12.5 Å². The van der Waals surface area contributed by atoms with Gasteiger partial charge >= 0.3 is 0 Å². The minimum absolute atomic E-state index is 0.0553. The minimum Gasteiger partial charge on any atom is -0.492 e. The molecule has 1 heterocycles. The number of ether oxygens (including phenoxy) is 1. The van der Waals surface area contributed by atoms with E-state index < -0.39 is 11.7 Å². The number of carbonyl (C=O) groups excluding carboxylic acids is 2. The maximum absolute atomic E-state index is 13.4. The normalized spacial score (nSPS) is 15.7. The average Bonchev–Trinajstić information content (AvgIpc) is 2.59. The Morgan fingerprint density at radius 2 is 1.93 bits per heavy atom. The summed E-state index contributed by atoms with van der Waals surface area (Å²) in [5.41, 5.74) is 3.24. The fraction of sp³-hybridized carbons (Fsp3) is 0.333. The highest BCUT2D eigenvalue weighted by Gasteiger charge is 2.32. The number of nitrogens with zero attached hydrogens (tertiary/aromatic N) is 1. The van der Waals surface area contributed by atoms with Crippen LogP contribution in [-0.2, 0) is 9.59 Å². The molecule has 0 saturated heterocycles. The van der Waals surface area contributed by atoms with E-state index in [4.69, 9.17) is 4.74 Å². The third-order valence-corrected chi connectivity index (χ3v) is 4.62. The third-order valence-electron chi connectivity index (χ3n) is 4.62. The molecule has 1 aliphatic rings. The van der Waals surface area contributed by atoms with Gasteiger partial charge in [0.25, 0.3) is 0 Å². The molecule has 27 heavy (non-hydrogen) atoms. The summed E-state index contributed by atoms with van der Waals surface area (Å²) in [6.45, 7) is 4.74. The highest BCUT2D eigenvalue weighted by atomic mass is 19.1. The number of aryl methyl sites for hydroxylation is 2. The Labute approximate surface area is 158 Å². The van der Waals surface area contributed by atoms with Crippen molar-refractivity contribution in [3.05, 3.63) is 58.9 Å². The van der Waals surface area contributed by atoms with Gasteiger partial charge in [-0.25, -0.2) is 4.39 Å². The van der Waals surface area contributed by atoms with Crippen LogP contribution in [0.15, 0.2) is 36.4 Å². The quantitative estimate of drug-likeness (QED) is 0.878. The van der Waals surface area contributed by atoms with Gasteiger partial charge in [-0.05, 0) is 54.8 Å². The van der Waals surface area contributed by atoms with Gasteiger partial charge in [-0.1, -0.05) is 12.1 Å². The van der Waals surface area contributed by atoms with Crippen LogP contribution in [0.3, 0.4) is 0 Å². The zero-order valence-corrected chi connectivity index (χ0v) is 15.7. The largest absolute Gasteiger partial charge is 0.492 e. The van der Waals surface area contributed by atoms with Gasteiger partial charge in [-0.3, -0.25) is 9.59 Å². The van der Waals surface area contributed by atoms with Crippen molar-refractivity contribution in [1.82, 2.24) is 4.90 Å². The van der Waals surface area contributed by atoms with E-state index in [9.17, 15) is 14.0 Å². The van der Waals surface area contributed by atoms with Gasteiger partial charge in [0, 0.05) is 19.2 Å². The fourth-order valence-electron chi connectivity index (χ4n) is 3.35. The van der Waals surface area contributed by atoms with Gasteiger partial charge < -0.3 is 15.0 Å². The molecule has 142 valence electrons. The first kappa shape index (κ1) is 18.9. The molecule has 3 rings (SSSR count). The monoisotopic (exact) mass is 370 g/mol. The lowest BCUT2D eigenvalue weighted by molar-refractivity contribution is -0.134. The van der Waals surface area contributed by atoms with Crippen molar-refractivity contribution in [3.63, 3.8) is 0 Å². The van der Waals surface area contributed by atoms with Gasteiger partial charge in [0.1, 0.15) is 18.2 Å². The molecule has 5 nitrogen and oxygen atoms in total. The second kappa shape index (κ2) is 7.78. The third kappa shape index (κ3) is 4.45. The van der Waals surface area contributed by atoms with Crippen LogP contribution in [-0.4, -0.2) is 36.9 Å². The van der Waals surface area contributed by atoms with Crippen molar-refractivity contribution < 1.29 is 18.7 Å². The number of fused-ring (bicyclic) bond motifs is 1. The second-order valence-corrected chi connectivity index (χ2v) is 6.97. The molecule has 2 amide bonds. The number of anilines is 1. The maximum atomic E-state index is 13.4. The summed E-state index contributed by atoms with van der Waals surface area (Å²) < 4.78 is 19.2. The van der Waals surface area contributed by atoms with Crippen LogP contribution in [0.2, 0.25) is 0 Å². The van der Waals surface area contributed by atoms with Crippen LogP contribution in [0, 0.1) is 19.7 Å². The van der Waals surface area contributed by atoms with Crippen molar-refractivity contribution >= 4 is 17.5 Å². The zero-order chi connectivity index (χ0) is 19.6. The van der Waals surface area contributed by atoms with E-state index in [0.717, 1.165) is 16.9 Å². The van der Waals surface area contributed by atoms with Gasteiger partial charge in [-0.15, -0.1) is 0 Å². The molecule has 0 radical (unpaired) electrons. The molecule has 2 aromatic carbocycles. The molecule has 0 bridgehead atoms. The highest BCUT2D eigenvalue weighted by molar-refractivity contribution is 6.01. The maximum Gasteiger partial charge on any atom is 0.230 e. The van der Waals surface area contributed by atoms with Crippen LogP contribution < -0.4 is 10.1 Å². The van der Waals surface area contributed by atoms with Gasteiger partial charge in [0.15, 0.2) is 0 Å². The van der Waals surface area contributed by atoms with Crippen LogP contribution in [0.4, 0.5) is 10.1 Å². The Balaban J connectivity index is 1.64. The van der Waals surface area contributed by atoms with Crippen molar-refractivity contribution in [3.8, 4) is 5.75 Å². The van der Waals surface area contributed by atoms with E-state index in [1.165, 1.54) is 12.1 Å². The van der Waals surface area contributed by atoms with E-state index in [1.807, 2.05) is 26.0 Å². The highest BCUT2D eigenvalue weighted by Crippen LogP contribution is 2.33. The first-order chi connectivity index (χ1) is 12.8. The summed E-state index contributed by atoms with van der Waals surface area (Å²) in [4.78, 5) is 26.3. The summed E-state index contributed by atoms with van der Waals surface area (Å²) >= 11 is 0. The first-order valence-corrected chi connectivity index (χ1v) is 8.89. The molecule has 0 saturated carbocycles. The number of halogens is 1. The van der Waals surface area contributed by atoms with Crippen LogP contribution in [0.25, 0.3) is 0 Å². The smallest absolute Gasteiger partial charge is 0.230 e. The lowest BCUT2D eigenvalue weighted by Crippen LogP contribution is -2.38. The molecule has 0 spiro atoms. The molecule has 1 atom stereocenters. The Morgan fingerprint density at radius 1 is 1.22 bits per heavy atom. The topological polar surface area (TPSA) is 58.6 Å². The van der Waals surface area contributed by atoms with E-state index in [0.29, 0.717) is 24.4 Å². The number of rotatable bonds is 5. The molecule has 1 aliphatic heterocycles. The van der Waals surface area contributed by atoms with E-state index in [1.54, 1.807) is 18.0 Å². The molecule has 6 heteroatoms. The molecule has 0 fully saturated rings. The predicted octanol–water partition coefficient (Wildman–Crippen LogP) is 3.41. The van der Waals surface area contributed by atoms with E-state index >= 15 is 0 Å². The van der Waals surface area contributed by atoms with E-state index in [-0.39, 0.29) is 18.2 Å². The number of amides is 2. The van der Waals surface area contributed by atoms with Crippen LogP contribution >= 0.6 is 0 Å². The SMILES string of the molecule is Cc1cc(C)cc(OCCN(C)C(=O)[C@H]2CC(=O)Nc3cc(F)ccc32)c1. The molecule has 0 aromatic heterocycles. The second-order valence-electron chi connectivity index (χ2n) is 6.97. The molecule has 0 aliphatic carbocycles. The number of hydrogen-bond acceptors (Lipinski definition) is 3. The Kier molecular flexibility index (Phi) is 5.44. The number of benzene rings is 2. The summed E-state index contributed by atoms with van der Waals surface area (Å²) in [6, 6.07) is 10.1.